The first-order valence-corrected chi connectivity index (χ1v) is 3.95. The van der Waals surface area contributed by atoms with E-state index in [1.54, 1.807) is 16.8 Å². The molecule has 0 aliphatic heterocycles. The number of aromatic carboxylic acids is 1. The van der Waals surface area contributed by atoms with Crippen LogP contribution in [-0.2, 0) is 7.05 Å². The number of carbonyl (C=O) groups excluding carboxylic acids is 1. The molecular formula is C10H8NNaO2. The Labute approximate surface area is 104 Å². The zero-order valence-electron chi connectivity index (χ0n) is 8.15. The number of carboxylic acid groups (broad SMARTS) is 1. The molecule has 0 radical (unpaired) electrons. The van der Waals surface area contributed by atoms with Crippen LogP contribution in [0.1, 0.15) is 10.4 Å². The zero-order chi connectivity index (χ0) is 9.42. The van der Waals surface area contributed by atoms with E-state index < -0.39 is 5.97 Å². The molecule has 0 unspecified atom stereocenters. The molecule has 0 bridgehead atoms. The summed E-state index contributed by atoms with van der Waals surface area (Å²) in [5.74, 6) is -1.13. The number of hydrogen-bond donors (Lipinski definition) is 0. The molecular weight excluding hydrogens is 189 g/mol. The van der Waals surface area contributed by atoms with E-state index in [2.05, 4.69) is 0 Å². The molecule has 0 aliphatic carbocycles. The van der Waals surface area contributed by atoms with Crippen molar-refractivity contribution >= 4 is 16.9 Å². The van der Waals surface area contributed by atoms with E-state index in [0.29, 0.717) is 0 Å². The van der Waals surface area contributed by atoms with Gasteiger partial charge in [0.25, 0.3) is 0 Å². The maximum absolute atomic E-state index is 10.7. The van der Waals surface area contributed by atoms with Crippen LogP contribution in [0.4, 0.5) is 0 Å². The molecule has 4 heteroatoms. The van der Waals surface area contributed by atoms with Crippen molar-refractivity contribution < 1.29 is 39.5 Å². The van der Waals surface area contributed by atoms with Gasteiger partial charge in [-0.3, -0.25) is 0 Å². The third-order valence-electron chi connectivity index (χ3n) is 2.12. The average molecular weight is 197 g/mol. The van der Waals surface area contributed by atoms with Gasteiger partial charge in [-0.25, -0.2) is 0 Å². The first kappa shape index (κ1) is 11.3. The Morgan fingerprint density at radius 1 is 1.36 bits per heavy atom. The number of aryl methyl sites for hydroxylation is 1. The molecule has 1 aromatic carbocycles. The number of nitrogens with zero attached hydrogens (tertiary/aromatic N) is 1. The number of aromatic nitrogens is 1. The third-order valence-corrected chi connectivity index (χ3v) is 2.12. The fraction of sp³-hybridized carbons (Fsp3) is 0.100. The van der Waals surface area contributed by atoms with Crippen molar-refractivity contribution in [3.63, 3.8) is 0 Å². The maximum atomic E-state index is 10.7. The Kier molecular flexibility index (Phi) is 3.37. The molecule has 0 spiro atoms. The largest absolute Gasteiger partial charge is 1.00 e. The maximum Gasteiger partial charge on any atom is 1.00 e. The van der Waals surface area contributed by atoms with Gasteiger partial charge in [0, 0.05) is 29.7 Å². The topological polar surface area (TPSA) is 45.1 Å². The summed E-state index contributed by atoms with van der Waals surface area (Å²) < 4.78 is 1.78. The predicted octanol–water partition coefficient (Wildman–Crippen LogP) is -2.45. The van der Waals surface area contributed by atoms with Gasteiger partial charge in [0.1, 0.15) is 0 Å². The molecule has 0 aliphatic rings. The molecule has 1 heterocycles. The first-order valence-electron chi connectivity index (χ1n) is 3.95. The van der Waals surface area contributed by atoms with Crippen molar-refractivity contribution in [1.29, 1.82) is 0 Å². The number of carboxylic acids is 1. The van der Waals surface area contributed by atoms with Gasteiger partial charge in [0.15, 0.2) is 0 Å². The van der Waals surface area contributed by atoms with Crippen molar-refractivity contribution in [3.05, 3.63) is 36.0 Å². The van der Waals surface area contributed by atoms with Crippen molar-refractivity contribution in [1.82, 2.24) is 4.57 Å². The van der Waals surface area contributed by atoms with Crippen molar-refractivity contribution in [3.8, 4) is 0 Å². The van der Waals surface area contributed by atoms with Crippen molar-refractivity contribution in [2.24, 2.45) is 7.05 Å². The summed E-state index contributed by atoms with van der Waals surface area (Å²) in [6.07, 6.45) is 1.57. The van der Waals surface area contributed by atoms with Crippen LogP contribution < -0.4 is 34.7 Å². The number of carbonyl (C=O) groups is 1. The summed E-state index contributed by atoms with van der Waals surface area (Å²) >= 11 is 0. The van der Waals surface area contributed by atoms with E-state index >= 15 is 0 Å². The third kappa shape index (κ3) is 1.71. The molecule has 0 atom stereocenters. The molecule has 14 heavy (non-hydrogen) atoms. The standard InChI is InChI=1S/C10H9NO2.Na/c1-11-6-8(10(12)13)7-4-2-3-5-9(7)11;/h2-6H,1H3,(H,12,13);/q;+1/p-1. The van der Waals surface area contributed by atoms with Crippen molar-refractivity contribution in [2.75, 3.05) is 0 Å². The number of benzene rings is 1. The van der Waals surface area contributed by atoms with E-state index in [4.69, 9.17) is 0 Å². The molecule has 1 aromatic heterocycles. The SMILES string of the molecule is Cn1cc(C(=O)[O-])c2ccccc21.[Na+]. The van der Waals surface area contributed by atoms with Crippen LogP contribution in [0, 0.1) is 0 Å². The minimum atomic E-state index is -1.13. The summed E-state index contributed by atoms with van der Waals surface area (Å²) in [6.45, 7) is 0. The molecule has 2 aromatic rings. The second-order valence-electron chi connectivity index (χ2n) is 2.96. The quantitative estimate of drug-likeness (QED) is 0.476. The Bertz CT molecular complexity index is 476. The van der Waals surface area contributed by atoms with Crippen LogP contribution in [0.2, 0.25) is 0 Å². The van der Waals surface area contributed by atoms with Gasteiger partial charge in [-0.15, -0.1) is 0 Å². The Morgan fingerprint density at radius 3 is 2.64 bits per heavy atom. The van der Waals surface area contributed by atoms with Crippen LogP contribution in [-0.4, -0.2) is 10.5 Å². The van der Waals surface area contributed by atoms with Crippen LogP contribution in [0.15, 0.2) is 30.5 Å². The number of hydrogen-bond acceptors (Lipinski definition) is 2. The smallest absolute Gasteiger partial charge is 0.545 e. The van der Waals surface area contributed by atoms with E-state index in [1.165, 1.54) is 0 Å². The fourth-order valence-corrected chi connectivity index (χ4v) is 1.50. The van der Waals surface area contributed by atoms with Crippen LogP contribution in [0.5, 0.6) is 0 Å². The van der Waals surface area contributed by atoms with E-state index in [1.807, 2.05) is 25.2 Å². The van der Waals surface area contributed by atoms with Crippen LogP contribution >= 0.6 is 0 Å². The van der Waals surface area contributed by atoms with Crippen molar-refractivity contribution in [2.45, 2.75) is 0 Å². The summed E-state index contributed by atoms with van der Waals surface area (Å²) in [7, 11) is 1.81. The fourth-order valence-electron chi connectivity index (χ4n) is 1.50. The Morgan fingerprint density at radius 2 is 2.00 bits per heavy atom. The van der Waals surface area contributed by atoms with Gasteiger partial charge in [0.05, 0.1) is 5.97 Å². The zero-order valence-corrected chi connectivity index (χ0v) is 10.2. The normalized spacial score (nSPS) is 9.79. The second kappa shape index (κ2) is 4.17. The molecule has 0 N–H and O–H groups in total. The predicted molar refractivity (Wildman–Crippen MR) is 47.2 cm³/mol. The molecule has 2 rings (SSSR count). The molecule has 0 fully saturated rings. The summed E-state index contributed by atoms with van der Waals surface area (Å²) in [5.41, 5.74) is 1.15. The van der Waals surface area contributed by atoms with Gasteiger partial charge >= 0.3 is 29.6 Å². The molecule has 3 nitrogen and oxygen atoms in total. The molecule has 66 valence electrons. The number of fused-ring (bicyclic) bond motifs is 1. The average Bonchev–Trinajstić information content (AvgIpc) is 2.45. The Balaban J connectivity index is 0.000000980. The Hall–Kier alpha value is -0.770. The summed E-state index contributed by atoms with van der Waals surface area (Å²) in [4.78, 5) is 10.7. The van der Waals surface area contributed by atoms with Crippen LogP contribution in [0.3, 0.4) is 0 Å². The van der Waals surface area contributed by atoms with Crippen LogP contribution in [0.25, 0.3) is 10.9 Å². The molecule has 0 saturated heterocycles. The monoisotopic (exact) mass is 197 g/mol. The molecule has 0 amide bonds. The van der Waals surface area contributed by atoms with Gasteiger partial charge in [-0.05, 0) is 6.07 Å². The second-order valence-corrected chi connectivity index (χ2v) is 2.96. The minimum Gasteiger partial charge on any atom is -0.545 e. The number of para-hydroxylation sites is 1. The van der Waals surface area contributed by atoms with Gasteiger partial charge < -0.3 is 14.5 Å². The van der Waals surface area contributed by atoms with Gasteiger partial charge in [0.2, 0.25) is 0 Å². The summed E-state index contributed by atoms with van der Waals surface area (Å²) in [6, 6.07) is 7.35. The first-order chi connectivity index (χ1) is 6.20. The van der Waals surface area contributed by atoms with E-state index in [-0.39, 0.29) is 35.1 Å². The van der Waals surface area contributed by atoms with Gasteiger partial charge in [-0.1, -0.05) is 18.2 Å². The van der Waals surface area contributed by atoms with Gasteiger partial charge in [-0.2, -0.15) is 0 Å². The summed E-state index contributed by atoms with van der Waals surface area (Å²) in [5, 5.41) is 11.4. The van der Waals surface area contributed by atoms with E-state index in [9.17, 15) is 9.90 Å². The van der Waals surface area contributed by atoms with E-state index in [0.717, 1.165) is 10.9 Å². The minimum absolute atomic E-state index is 0. The number of rotatable bonds is 1. The molecule has 0 saturated carbocycles.